The van der Waals surface area contributed by atoms with Gasteiger partial charge in [-0.1, -0.05) is 26.2 Å². The summed E-state index contributed by atoms with van der Waals surface area (Å²) in [6.45, 7) is 2.22. The molecule has 0 aliphatic rings. The van der Waals surface area contributed by atoms with E-state index in [0.29, 0.717) is 6.42 Å². The Morgan fingerprint density at radius 1 is 1.20 bits per heavy atom. The quantitative estimate of drug-likeness (QED) is 0.647. The first-order valence-electron chi connectivity index (χ1n) is 5.40. The van der Waals surface area contributed by atoms with Crippen LogP contribution in [0.3, 0.4) is 0 Å². The van der Waals surface area contributed by atoms with Crippen LogP contribution in [0.5, 0.6) is 0 Å². The van der Waals surface area contributed by atoms with Gasteiger partial charge in [0.2, 0.25) is 0 Å². The highest BCUT2D eigenvalue weighted by Gasteiger charge is 2.39. The lowest BCUT2D eigenvalue weighted by Gasteiger charge is -2.20. The number of hydrogen-bond donors (Lipinski definition) is 1. The first-order valence-corrected chi connectivity index (χ1v) is 5.40. The average Bonchev–Trinajstić information content (AvgIpc) is 2.14. The second kappa shape index (κ2) is 7.93. The van der Waals surface area contributed by atoms with E-state index in [-0.39, 0.29) is 19.6 Å². The van der Waals surface area contributed by atoms with Gasteiger partial charge in [-0.25, -0.2) is 0 Å². The topological polar surface area (TPSA) is 35.2 Å². The fraction of sp³-hybridized carbons (Fsp3) is 1.00. The maximum Gasteiger partial charge on any atom is 0.414 e. The monoisotopic (exact) mass is 227 g/mol. The minimum atomic E-state index is -4.29. The molecule has 92 valence electrons. The zero-order valence-electron chi connectivity index (χ0n) is 9.15. The SMILES string of the molecule is CCCCCCOC(CCN)C(F)(F)F. The Morgan fingerprint density at radius 2 is 1.87 bits per heavy atom. The first-order chi connectivity index (χ1) is 7.02. The molecule has 0 amide bonds. The number of alkyl halides is 3. The maximum absolute atomic E-state index is 12.3. The normalized spacial score (nSPS) is 14.2. The van der Waals surface area contributed by atoms with Crippen LogP contribution < -0.4 is 5.73 Å². The number of halogens is 3. The molecule has 0 rings (SSSR count). The van der Waals surface area contributed by atoms with Gasteiger partial charge in [0, 0.05) is 6.61 Å². The lowest BCUT2D eigenvalue weighted by molar-refractivity contribution is -0.221. The van der Waals surface area contributed by atoms with Crippen LogP contribution >= 0.6 is 0 Å². The van der Waals surface area contributed by atoms with Crippen LogP contribution in [-0.4, -0.2) is 25.4 Å². The molecule has 0 aromatic heterocycles. The van der Waals surface area contributed by atoms with Crippen molar-refractivity contribution in [3.8, 4) is 0 Å². The van der Waals surface area contributed by atoms with Crippen molar-refractivity contribution in [1.82, 2.24) is 0 Å². The lowest BCUT2D eigenvalue weighted by Crippen LogP contribution is -2.34. The molecule has 2 nitrogen and oxygen atoms in total. The van der Waals surface area contributed by atoms with Gasteiger partial charge in [-0.2, -0.15) is 13.2 Å². The smallest absolute Gasteiger partial charge is 0.369 e. The fourth-order valence-electron chi connectivity index (χ4n) is 1.25. The molecule has 0 saturated heterocycles. The van der Waals surface area contributed by atoms with E-state index >= 15 is 0 Å². The van der Waals surface area contributed by atoms with Gasteiger partial charge in [-0.05, 0) is 19.4 Å². The molecule has 1 unspecified atom stereocenters. The van der Waals surface area contributed by atoms with Crippen LogP contribution in [0.2, 0.25) is 0 Å². The number of nitrogens with two attached hydrogens (primary N) is 1. The van der Waals surface area contributed by atoms with Crippen LogP contribution in [0.15, 0.2) is 0 Å². The molecule has 0 aromatic carbocycles. The van der Waals surface area contributed by atoms with Crippen molar-refractivity contribution in [2.24, 2.45) is 5.73 Å². The zero-order valence-corrected chi connectivity index (χ0v) is 9.15. The van der Waals surface area contributed by atoms with E-state index in [2.05, 4.69) is 0 Å². The first kappa shape index (κ1) is 14.7. The second-order valence-corrected chi connectivity index (χ2v) is 3.54. The minimum absolute atomic E-state index is 0.000856. The molecule has 0 fully saturated rings. The van der Waals surface area contributed by atoms with Crippen molar-refractivity contribution in [1.29, 1.82) is 0 Å². The predicted molar refractivity (Wildman–Crippen MR) is 53.6 cm³/mol. The van der Waals surface area contributed by atoms with Gasteiger partial charge in [0.25, 0.3) is 0 Å². The molecule has 0 bridgehead atoms. The molecule has 0 radical (unpaired) electrons. The van der Waals surface area contributed by atoms with Gasteiger partial charge < -0.3 is 10.5 Å². The van der Waals surface area contributed by atoms with Gasteiger partial charge in [-0.15, -0.1) is 0 Å². The Labute approximate surface area is 89.0 Å². The molecule has 2 N–H and O–H groups in total. The summed E-state index contributed by atoms with van der Waals surface area (Å²) >= 11 is 0. The summed E-state index contributed by atoms with van der Waals surface area (Å²) in [6.07, 6.45) is -2.43. The van der Waals surface area contributed by atoms with Gasteiger partial charge in [0.05, 0.1) is 0 Å². The molecule has 0 saturated carbocycles. The Hall–Kier alpha value is -0.290. The number of rotatable bonds is 8. The van der Waals surface area contributed by atoms with Gasteiger partial charge >= 0.3 is 6.18 Å². The summed E-state index contributed by atoms with van der Waals surface area (Å²) < 4.78 is 41.7. The third kappa shape index (κ3) is 7.62. The highest BCUT2D eigenvalue weighted by Crippen LogP contribution is 2.25. The van der Waals surface area contributed by atoms with Gasteiger partial charge in [0.1, 0.15) is 0 Å². The van der Waals surface area contributed by atoms with Gasteiger partial charge in [0.15, 0.2) is 6.10 Å². The van der Waals surface area contributed by atoms with Crippen molar-refractivity contribution >= 4 is 0 Å². The number of unbranched alkanes of at least 4 members (excludes halogenated alkanes) is 3. The average molecular weight is 227 g/mol. The highest BCUT2D eigenvalue weighted by molar-refractivity contribution is 4.67. The Morgan fingerprint density at radius 3 is 2.33 bits per heavy atom. The Kier molecular flexibility index (Phi) is 7.78. The van der Waals surface area contributed by atoms with Crippen LogP contribution in [0.4, 0.5) is 13.2 Å². The molecule has 1 atom stereocenters. The molecule has 0 aliphatic carbocycles. The standard InChI is InChI=1S/C10H20F3NO/c1-2-3-4-5-8-15-9(6-7-14)10(11,12)13/h9H,2-8,14H2,1H3. The van der Waals surface area contributed by atoms with Crippen LogP contribution in [-0.2, 0) is 4.74 Å². The number of hydrogen-bond acceptors (Lipinski definition) is 2. The van der Waals surface area contributed by atoms with Crippen molar-refractivity contribution in [2.75, 3.05) is 13.2 Å². The summed E-state index contributed by atoms with van der Waals surface area (Å²) in [5.74, 6) is 0. The van der Waals surface area contributed by atoms with Crippen molar-refractivity contribution in [2.45, 2.75) is 51.3 Å². The Bertz CT molecular complexity index is 150. The minimum Gasteiger partial charge on any atom is -0.369 e. The second-order valence-electron chi connectivity index (χ2n) is 3.54. The van der Waals surface area contributed by atoms with E-state index in [1.807, 2.05) is 6.92 Å². The molecular formula is C10H20F3NO. The molecule has 0 aromatic rings. The summed E-state index contributed by atoms with van der Waals surface area (Å²) in [7, 11) is 0. The predicted octanol–water partition coefficient (Wildman–Crippen LogP) is 2.86. The summed E-state index contributed by atoms with van der Waals surface area (Å²) in [4.78, 5) is 0. The van der Waals surface area contributed by atoms with Crippen molar-refractivity contribution in [3.05, 3.63) is 0 Å². The largest absolute Gasteiger partial charge is 0.414 e. The van der Waals surface area contributed by atoms with Crippen molar-refractivity contribution in [3.63, 3.8) is 0 Å². The summed E-state index contributed by atoms with van der Waals surface area (Å²) in [5, 5.41) is 0. The zero-order chi connectivity index (χ0) is 11.7. The molecule has 0 spiro atoms. The molecule has 0 heterocycles. The lowest BCUT2D eigenvalue weighted by atomic mass is 10.2. The van der Waals surface area contributed by atoms with Crippen LogP contribution in [0.25, 0.3) is 0 Å². The van der Waals surface area contributed by atoms with E-state index in [1.54, 1.807) is 0 Å². The molecule has 15 heavy (non-hydrogen) atoms. The summed E-state index contributed by atoms with van der Waals surface area (Å²) in [5.41, 5.74) is 5.10. The van der Waals surface area contributed by atoms with Crippen molar-refractivity contribution < 1.29 is 17.9 Å². The third-order valence-electron chi connectivity index (χ3n) is 2.11. The highest BCUT2D eigenvalue weighted by atomic mass is 19.4. The van der Waals surface area contributed by atoms with Crippen LogP contribution in [0.1, 0.15) is 39.0 Å². The number of ether oxygens (including phenoxy) is 1. The van der Waals surface area contributed by atoms with E-state index in [1.165, 1.54) is 0 Å². The Balaban J connectivity index is 3.67. The summed E-state index contributed by atoms with van der Waals surface area (Å²) in [6, 6.07) is 0. The molecule has 5 heteroatoms. The van der Waals surface area contributed by atoms with Crippen LogP contribution in [0, 0.1) is 0 Å². The van der Waals surface area contributed by atoms with E-state index in [9.17, 15) is 13.2 Å². The van der Waals surface area contributed by atoms with E-state index < -0.39 is 12.3 Å². The van der Waals surface area contributed by atoms with Gasteiger partial charge in [-0.3, -0.25) is 0 Å². The van der Waals surface area contributed by atoms with E-state index in [4.69, 9.17) is 10.5 Å². The maximum atomic E-state index is 12.3. The fourth-order valence-corrected chi connectivity index (χ4v) is 1.25. The molecular weight excluding hydrogens is 207 g/mol. The third-order valence-corrected chi connectivity index (χ3v) is 2.11. The van der Waals surface area contributed by atoms with E-state index in [0.717, 1.165) is 19.3 Å². The molecule has 0 aliphatic heterocycles.